The normalized spacial score (nSPS) is 24.2. The zero-order valence-corrected chi connectivity index (χ0v) is 10.7. The molecule has 1 aliphatic carbocycles. The van der Waals surface area contributed by atoms with Gasteiger partial charge < -0.3 is 16.0 Å². The number of hydrogen-bond donors (Lipinski definition) is 2. The Morgan fingerprint density at radius 3 is 2.59 bits per heavy atom. The maximum atomic E-state index is 12.2. The molecule has 5 heteroatoms. The molecule has 0 bridgehead atoms. The second-order valence-electron chi connectivity index (χ2n) is 4.75. The summed E-state index contributed by atoms with van der Waals surface area (Å²) in [7, 11) is 3.25. The van der Waals surface area contributed by atoms with Crippen LogP contribution in [0.4, 0.5) is 0 Å². The van der Waals surface area contributed by atoms with Gasteiger partial charge in [-0.25, -0.2) is 0 Å². The predicted octanol–water partition coefficient (Wildman–Crippen LogP) is -0.0441. The molecule has 0 spiro atoms. The summed E-state index contributed by atoms with van der Waals surface area (Å²) in [5.74, 6) is 0.205. The fourth-order valence-corrected chi connectivity index (χ4v) is 2.47. The number of nitrogens with zero attached hydrogens (tertiary/aromatic N) is 1. The first-order valence-corrected chi connectivity index (χ1v) is 6.25. The van der Waals surface area contributed by atoms with Crippen LogP contribution >= 0.6 is 0 Å². The highest BCUT2D eigenvalue weighted by Crippen LogP contribution is 2.30. The zero-order valence-electron chi connectivity index (χ0n) is 10.7. The summed E-state index contributed by atoms with van der Waals surface area (Å²) in [4.78, 5) is 25.0. The number of likely N-dealkylation sites (N-methyl/N-ethyl adjacent to an activating group) is 2. The average molecular weight is 241 g/mol. The van der Waals surface area contributed by atoms with Gasteiger partial charge in [0.1, 0.15) is 0 Å². The van der Waals surface area contributed by atoms with Crippen LogP contribution in [0, 0.1) is 11.8 Å². The Labute approximate surface area is 103 Å². The average Bonchev–Trinajstić information content (AvgIpc) is 2.37. The van der Waals surface area contributed by atoms with E-state index in [0.717, 1.165) is 25.7 Å². The molecule has 0 saturated heterocycles. The molecule has 2 atom stereocenters. The molecule has 1 aliphatic rings. The van der Waals surface area contributed by atoms with Crippen LogP contribution in [0.3, 0.4) is 0 Å². The maximum absolute atomic E-state index is 12.2. The Balaban J connectivity index is 2.57. The molecule has 98 valence electrons. The third kappa shape index (κ3) is 3.70. The van der Waals surface area contributed by atoms with E-state index >= 15 is 0 Å². The molecule has 3 N–H and O–H groups in total. The zero-order chi connectivity index (χ0) is 12.8. The molecule has 2 unspecified atom stereocenters. The van der Waals surface area contributed by atoms with Crippen LogP contribution in [0.5, 0.6) is 0 Å². The summed E-state index contributed by atoms with van der Waals surface area (Å²) in [6, 6.07) is 0. The van der Waals surface area contributed by atoms with E-state index in [-0.39, 0.29) is 30.2 Å². The quantitative estimate of drug-likeness (QED) is 0.725. The number of hydrogen-bond acceptors (Lipinski definition) is 3. The van der Waals surface area contributed by atoms with Crippen LogP contribution in [-0.2, 0) is 9.59 Å². The van der Waals surface area contributed by atoms with E-state index < -0.39 is 0 Å². The van der Waals surface area contributed by atoms with Gasteiger partial charge in [-0.1, -0.05) is 12.8 Å². The molecule has 0 aliphatic heterocycles. The van der Waals surface area contributed by atoms with Gasteiger partial charge in [-0.05, 0) is 25.3 Å². The van der Waals surface area contributed by atoms with Gasteiger partial charge in [-0.3, -0.25) is 9.59 Å². The third-order valence-corrected chi connectivity index (χ3v) is 3.56. The summed E-state index contributed by atoms with van der Waals surface area (Å²) in [6.07, 6.45) is 4.17. The van der Waals surface area contributed by atoms with E-state index in [1.54, 1.807) is 14.1 Å². The minimum absolute atomic E-state index is 0.00315. The number of carbonyl (C=O) groups is 2. The van der Waals surface area contributed by atoms with Crippen LogP contribution in [0.15, 0.2) is 0 Å². The van der Waals surface area contributed by atoms with Crippen LogP contribution < -0.4 is 11.1 Å². The minimum atomic E-state index is -0.138. The number of rotatable bonds is 4. The predicted molar refractivity (Wildman–Crippen MR) is 66.2 cm³/mol. The van der Waals surface area contributed by atoms with E-state index in [0.29, 0.717) is 6.54 Å². The molecule has 0 radical (unpaired) electrons. The Bertz CT molecular complexity index is 281. The molecule has 1 fully saturated rings. The van der Waals surface area contributed by atoms with Crippen molar-refractivity contribution in [2.75, 3.05) is 27.2 Å². The van der Waals surface area contributed by atoms with Crippen LogP contribution in [0.1, 0.15) is 25.7 Å². The summed E-state index contributed by atoms with van der Waals surface area (Å²) < 4.78 is 0. The van der Waals surface area contributed by atoms with Crippen molar-refractivity contribution < 1.29 is 9.59 Å². The topological polar surface area (TPSA) is 75.4 Å². The van der Waals surface area contributed by atoms with E-state index in [1.165, 1.54) is 4.90 Å². The Morgan fingerprint density at radius 1 is 1.35 bits per heavy atom. The Morgan fingerprint density at radius 2 is 2.00 bits per heavy atom. The molecule has 1 rings (SSSR count). The first kappa shape index (κ1) is 14.0. The second-order valence-corrected chi connectivity index (χ2v) is 4.75. The first-order valence-electron chi connectivity index (χ1n) is 6.25. The van der Waals surface area contributed by atoms with Gasteiger partial charge in [0, 0.05) is 20.0 Å². The fraction of sp³-hybridized carbons (Fsp3) is 0.833. The molecule has 0 aromatic heterocycles. The lowest BCUT2D eigenvalue weighted by Gasteiger charge is -2.32. The standard InChI is InChI=1S/C12H23N3O2/c1-14-11(16)8-15(2)12(17)10-6-4-3-5-9(10)7-13/h9-10H,3-8,13H2,1-2H3,(H,14,16). The maximum Gasteiger partial charge on any atom is 0.239 e. The molecule has 0 aromatic carbocycles. The monoisotopic (exact) mass is 241 g/mol. The SMILES string of the molecule is CNC(=O)CN(C)C(=O)C1CCCCC1CN. The highest BCUT2D eigenvalue weighted by molar-refractivity contribution is 5.85. The smallest absolute Gasteiger partial charge is 0.239 e. The van der Waals surface area contributed by atoms with E-state index in [9.17, 15) is 9.59 Å². The van der Waals surface area contributed by atoms with Crippen LogP contribution in [-0.4, -0.2) is 43.9 Å². The number of amides is 2. The molecular weight excluding hydrogens is 218 g/mol. The van der Waals surface area contributed by atoms with Crippen molar-refractivity contribution in [3.8, 4) is 0 Å². The summed E-state index contributed by atoms with van der Waals surface area (Å²) in [6.45, 7) is 0.688. The van der Waals surface area contributed by atoms with Crippen molar-refractivity contribution in [3.63, 3.8) is 0 Å². The highest BCUT2D eigenvalue weighted by atomic mass is 16.2. The van der Waals surface area contributed by atoms with Gasteiger partial charge in [-0.15, -0.1) is 0 Å². The molecule has 2 amide bonds. The van der Waals surface area contributed by atoms with E-state index in [2.05, 4.69) is 5.32 Å². The number of nitrogens with one attached hydrogen (secondary N) is 1. The fourth-order valence-electron chi connectivity index (χ4n) is 2.47. The van der Waals surface area contributed by atoms with Gasteiger partial charge >= 0.3 is 0 Å². The lowest BCUT2D eigenvalue weighted by atomic mass is 9.78. The number of carbonyl (C=O) groups excluding carboxylic acids is 2. The van der Waals surface area contributed by atoms with Crippen molar-refractivity contribution in [1.29, 1.82) is 0 Å². The lowest BCUT2D eigenvalue weighted by molar-refractivity contribution is -0.140. The van der Waals surface area contributed by atoms with E-state index in [4.69, 9.17) is 5.73 Å². The van der Waals surface area contributed by atoms with Gasteiger partial charge in [0.05, 0.1) is 6.54 Å². The van der Waals surface area contributed by atoms with Crippen molar-refractivity contribution >= 4 is 11.8 Å². The minimum Gasteiger partial charge on any atom is -0.358 e. The van der Waals surface area contributed by atoms with Crippen molar-refractivity contribution in [1.82, 2.24) is 10.2 Å². The van der Waals surface area contributed by atoms with Gasteiger partial charge in [0.15, 0.2) is 0 Å². The van der Waals surface area contributed by atoms with Crippen molar-refractivity contribution in [2.24, 2.45) is 17.6 Å². The number of nitrogens with two attached hydrogens (primary N) is 1. The third-order valence-electron chi connectivity index (χ3n) is 3.56. The lowest BCUT2D eigenvalue weighted by Crippen LogP contribution is -2.44. The second kappa shape index (κ2) is 6.59. The Kier molecular flexibility index (Phi) is 5.41. The van der Waals surface area contributed by atoms with Crippen molar-refractivity contribution in [2.45, 2.75) is 25.7 Å². The van der Waals surface area contributed by atoms with Gasteiger partial charge in [-0.2, -0.15) is 0 Å². The Hall–Kier alpha value is -1.10. The largest absolute Gasteiger partial charge is 0.358 e. The molecule has 0 aromatic rings. The van der Waals surface area contributed by atoms with Gasteiger partial charge in [0.25, 0.3) is 0 Å². The molecule has 0 heterocycles. The van der Waals surface area contributed by atoms with E-state index in [1.807, 2.05) is 0 Å². The highest BCUT2D eigenvalue weighted by Gasteiger charge is 2.32. The molecule has 17 heavy (non-hydrogen) atoms. The molecule has 1 saturated carbocycles. The summed E-state index contributed by atoms with van der Waals surface area (Å²) in [5.41, 5.74) is 5.71. The van der Waals surface area contributed by atoms with Gasteiger partial charge in [0.2, 0.25) is 11.8 Å². The first-order chi connectivity index (χ1) is 8.10. The van der Waals surface area contributed by atoms with Crippen LogP contribution in [0.2, 0.25) is 0 Å². The summed E-state index contributed by atoms with van der Waals surface area (Å²) in [5, 5.41) is 2.52. The summed E-state index contributed by atoms with van der Waals surface area (Å²) >= 11 is 0. The molecular formula is C12H23N3O2. The molecule has 5 nitrogen and oxygen atoms in total. The van der Waals surface area contributed by atoms with Crippen LogP contribution in [0.25, 0.3) is 0 Å². The van der Waals surface area contributed by atoms with Crippen molar-refractivity contribution in [3.05, 3.63) is 0 Å².